The van der Waals surface area contributed by atoms with Gasteiger partial charge in [-0.2, -0.15) is 0 Å². The van der Waals surface area contributed by atoms with E-state index in [0.29, 0.717) is 59.1 Å². The lowest BCUT2D eigenvalue weighted by molar-refractivity contribution is -0.133. The van der Waals surface area contributed by atoms with Crippen molar-refractivity contribution in [1.82, 2.24) is 14.5 Å². The van der Waals surface area contributed by atoms with Gasteiger partial charge >= 0.3 is 0 Å². The Labute approximate surface area is 192 Å². The quantitative estimate of drug-likeness (QED) is 0.436. The SMILES string of the molecule is CCC(=O)N(CCc1ccc(Cl)cc1Cl)C(CC)c1nc2ccccc2c(=O)n1CC. The van der Waals surface area contributed by atoms with Crippen LogP contribution in [0.15, 0.2) is 47.3 Å². The van der Waals surface area contributed by atoms with E-state index in [0.717, 1.165) is 5.56 Å². The molecule has 0 aliphatic rings. The molecule has 1 aromatic heterocycles. The molecule has 1 unspecified atom stereocenters. The van der Waals surface area contributed by atoms with Crippen LogP contribution in [0.25, 0.3) is 10.9 Å². The molecule has 0 radical (unpaired) electrons. The highest BCUT2D eigenvalue weighted by Gasteiger charge is 2.27. The van der Waals surface area contributed by atoms with Crippen LogP contribution in [-0.4, -0.2) is 26.9 Å². The number of carbonyl (C=O) groups excluding carboxylic acids is 1. The van der Waals surface area contributed by atoms with Crippen molar-refractivity contribution in [3.8, 4) is 0 Å². The normalized spacial score (nSPS) is 12.2. The van der Waals surface area contributed by atoms with Crippen molar-refractivity contribution >= 4 is 40.0 Å². The lowest BCUT2D eigenvalue weighted by Crippen LogP contribution is -2.39. The summed E-state index contributed by atoms with van der Waals surface area (Å²) in [4.78, 5) is 32.7. The summed E-state index contributed by atoms with van der Waals surface area (Å²) >= 11 is 12.4. The first-order valence-electron chi connectivity index (χ1n) is 10.6. The fraction of sp³-hybridized carbons (Fsp3) is 0.375. The second-order valence-electron chi connectivity index (χ2n) is 7.39. The molecular weight excluding hydrogens is 433 g/mol. The van der Waals surface area contributed by atoms with E-state index in [2.05, 4.69) is 0 Å². The molecule has 0 spiro atoms. The van der Waals surface area contributed by atoms with Crippen molar-refractivity contribution in [2.75, 3.05) is 6.54 Å². The minimum atomic E-state index is -0.309. The molecule has 3 rings (SSSR count). The molecule has 1 atom stereocenters. The van der Waals surface area contributed by atoms with Crippen LogP contribution in [0.1, 0.15) is 51.0 Å². The molecule has 1 heterocycles. The first kappa shape index (κ1) is 23.3. The Bertz CT molecular complexity index is 1140. The maximum absolute atomic E-state index is 13.1. The second kappa shape index (κ2) is 10.3. The van der Waals surface area contributed by atoms with Crippen molar-refractivity contribution < 1.29 is 4.79 Å². The van der Waals surface area contributed by atoms with Gasteiger partial charge in [0.25, 0.3) is 5.56 Å². The van der Waals surface area contributed by atoms with E-state index in [9.17, 15) is 9.59 Å². The van der Waals surface area contributed by atoms with Gasteiger partial charge in [0.2, 0.25) is 5.91 Å². The van der Waals surface area contributed by atoms with Crippen molar-refractivity contribution in [3.05, 3.63) is 74.3 Å². The fourth-order valence-corrected chi connectivity index (χ4v) is 4.41. The summed E-state index contributed by atoms with van der Waals surface area (Å²) in [6.45, 7) is 6.74. The van der Waals surface area contributed by atoms with Crippen LogP contribution in [0.3, 0.4) is 0 Å². The highest BCUT2D eigenvalue weighted by atomic mass is 35.5. The number of para-hydroxylation sites is 1. The number of amides is 1. The fourth-order valence-electron chi connectivity index (χ4n) is 3.91. The number of hydrogen-bond acceptors (Lipinski definition) is 3. The third-order valence-electron chi connectivity index (χ3n) is 5.53. The van der Waals surface area contributed by atoms with Crippen molar-refractivity contribution in [3.63, 3.8) is 0 Å². The predicted octanol–water partition coefficient (Wildman–Crippen LogP) is 5.66. The number of benzene rings is 2. The molecule has 0 aliphatic carbocycles. The zero-order chi connectivity index (χ0) is 22.5. The van der Waals surface area contributed by atoms with E-state index in [-0.39, 0.29) is 17.5 Å². The van der Waals surface area contributed by atoms with Crippen LogP contribution >= 0.6 is 23.2 Å². The van der Waals surface area contributed by atoms with Gasteiger partial charge in [0.15, 0.2) is 0 Å². The average molecular weight is 460 g/mol. The smallest absolute Gasteiger partial charge is 0.261 e. The zero-order valence-electron chi connectivity index (χ0n) is 18.1. The topological polar surface area (TPSA) is 55.2 Å². The van der Waals surface area contributed by atoms with Crippen molar-refractivity contribution in [2.24, 2.45) is 0 Å². The van der Waals surface area contributed by atoms with Gasteiger partial charge in [0.05, 0.1) is 16.9 Å². The molecule has 7 heteroatoms. The number of carbonyl (C=O) groups is 1. The highest BCUT2D eigenvalue weighted by molar-refractivity contribution is 6.35. The second-order valence-corrected chi connectivity index (χ2v) is 8.23. The van der Waals surface area contributed by atoms with Gasteiger partial charge in [-0.15, -0.1) is 0 Å². The number of halogens is 2. The molecule has 0 saturated heterocycles. The molecular formula is C24H27Cl2N3O2. The maximum atomic E-state index is 13.1. The van der Waals surface area contributed by atoms with Crippen molar-refractivity contribution in [1.29, 1.82) is 0 Å². The predicted molar refractivity (Wildman–Crippen MR) is 127 cm³/mol. The number of fused-ring (bicyclic) bond motifs is 1. The molecule has 0 N–H and O–H groups in total. The van der Waals surface area contributed by atoms with E-state index in [1.54, 1.807) is 22.8 Å². The van der Waals surface area contributed by atoms with Gasteiger partial charge < -0.3 is 4.90 Å². The molecule has 5 nitrogen and oxygen atoms in total. The maximum Gasteiger partial charge on any atom is 0.261 e. The lowest BCUT2D eigenvalue weighted by Gasteiger charge is -2.32. The van der Waals surface area contributed by atoms with Crippen molar-refractivity contribution in [2.45, 2.75) is 52.6 Å². The van der Waals surface area contributed by atoms with E-state index >= 15 is 0 Å². The summed E-state index contributed by atoms with van der Waals surface area (Å²) in [7, 11) is 0. The minimum absolute atomic E-state index is 0.0157. The molecule has 164 valence electrons. The van der Waals surface area contributed by atoms with E-state index in [1.807, 2.05) is 49.9 Å². The summed E-state index contributed by atoms with van der Waals surface area (Å²) in [6, 6.07) is 12.4. The number of hydrogen-bond donors (Lipinski definition) is 0. The van der Waals surface area contributed by atoms with Crippen LogP contribution in [0.4, 0.5) is 0 Å². The first-order chi connectivity index (χ1) is 14.9. The van der Waals surface area contributed by atoms with E-state index in [4.69, 9.17) is 28.2 Å². The Balaban J connectivity index is 2.03. The highest BCUT2D eigenvalue weighted by Crippen LogP contribution is 2.27. The van der Waals surface area contributed by atoms with Crippen LogP contribution in [0, 0.1) is 0 Å². The summed E-state index contributed by atoms with van der Waals surface area (Å²) < 4.78 is 1.68. The van der Waals surface area contributed by atoms with Gasteiger partial charge in [-0.05, 0) is 49.6 Å². The number of nitrogens with zero attached hydrogens (tertiary/aromatic N) is 3. The Morgan fingerprint density at radius 1 is 1.13 bits per heavy atom. The van der Waals surface area contributed by atoms with Gasteiger partial charge in [-0.1, -0.05) is 55.2 Å². The molecule has 31 heavy (non-hydrogen) atoms. The molecule has 0 aliphatic heterocycles. The van der Waals surface area contributed by atoms with Gasteiger partial charge in [-0.25, -0.2) is 4.98 Å². The van der Waals surface area contributed by atoms with Gasteiger partial charge in [0.1, 0.15) is 5.82 Å². The van der Waals surface area contributed by atoms with Crippen LogP contribution in [0.2, 0.25) is 10.0 Å². The largest absolute Gasteiger partial charge is 0.332 e. The van der Waals surface area contributed by atoms with Gasteiger partial charge in [0, 0.05) is 29.6 Å². The molecule has 0 bridgehead atoms. The Morgan fingerprint density at radius 3 is 2.52 bits per heavy atom. The zero-order valence-corrected chi connectivity index (χ0v) is 19.6. The molecule has 3 aromatic rings. The third kappa shape index (κ3) is 4.94. The monoisotopic (exact) mass is 459 g/mol. The number of aromatic nitrogens is 2. The average Bonchev–Trinajstić information content (AvgIpc) is 2.77. The Kier molecular flexibility index (Phi) is 7.74. The molecule has 1 amide bonds. The lowest BCUT2D eigenvalue weighted by atomic mass is 10.1. The summed E-state index contributed by atoms with van der Waals surface area (Å²) in [6.07, 6.45) is 1.60. The van der Waals surface area contributed by atoms with Crippen LogP contribution in [0.5, 0.6) is 0 Å². The van der Waals surface area contributed by atoms with E-state index in [1.165, 1.54) is 0 Å². The minimum Gasteiger partial charge on any atom is -0.332 e. The first-order valence-corrected chi connectivity index (χ1v) is 11.4. The van der Waals surface area contributed by atoms with E-state index < -0.39 is 0 Å². The standard InChI is InChI=1S/C24H27Cl2N3O2/c1-4-21(23-27-20-10-8-7-9-18(20)24(31)28(23)6-3)29(22(30)5-2)14-13-16-11-12-17(25)15-19(16)26/h7-12,15,21H,4-6,13-14H2,1-3H3. The molecule has 2 aromatic carbocycles. The van der Waals surface area contributed by atoms with Crippen LogP contribution in [-0.2, 0) is 17.8 Å². The summed E-state index contributed by atoms with van der Waals surface area (Å²) in [5, 5.41) is 1.75. The molecule has 0 fully saturated rings. The third-order valence-corrected chi connectivity index (χ3v) is 6.12. The summed E-state index contributed by atoms with van der Waals surface area (Å²) in [5.41, 5.74) is 1.50. The van der Waals surface area contributed by atoms with Crippen LogP contribution < -0.4 is 5.56 Å². The molecule has 0 saturated carbocycles. The Hall–Kier alpha value is -2.37. The van der Waals surface area contributed by atoms with Gasteiger partial charge in [-0.3, -0.25) is 14.2 Å². The summed E-state index contributed by atoms with van der Waals surface area (Å²) in [5.74, 6) is 0.639. The number of rotatable bonds is 8. The Morgan fingerprint density at radius 2 is 1.87 bits per heavy atom.